The van der Waals surface area contributed by atoms with E-state index in [1.54, 1.807) is 17.9 Å². The van der Waals surface area contributed by atoms with Crippen LogP contribution in [-0.2, 0) is 24.4 Å². The van der Waals surface area contributed by atoms with Crippen LogP contribution in [0.3, 0.4) is 0 Å². The fraction of sp³-hybridized carbons (Fsp3) is 0.500. The zero-order chi connectivity index (χ0) is 20.5. The average molecular weight is 408 g/mol. The molecule has 0 aromatic heterocycles. The van der Waals surface area contributed by atoms with Gasteiger partial charge in [-0.25, -0.2) is 8.42 Å². The normalized spacial score (nSPS) is 18.5. The molecule has 0 aliphatic carbocycles. The summed E-state index contributed by atoms with van der Waals surface area (Å²) in [5.74, 6) is -1.76. The van der Waals surface area contributed by atoms with E-state index in [9.17, 15) is 22.8 Å². The molecule has 3 N–H and O–H groups in total. The Hall–Kier alpha value is -2.46. The molecule has 3 rings (SSSR count). The second-order valence-corrected chi connectivity index (χ2v) is 8.72. The molecule has 2 saturated heterocycles. The number of sulfonamides is 1. The smallest absolute Gasteiger partial charge is 0.250 e. The molecule has 0 spiro atoms. The second-order valence-electron chi connectivity index (χ2n) is 7.04. The number of amides is 3. The van der Waals surface area contributed by atoms with Crippen molar-refractivity contribution < 1.29 is 22.8 Å². The van der Waals surface area contributed by atoms with Crippen molar-refractivity contribution in [3.05, 3.63) is 23.8 Å². The molecule has 0 saturated carbocycles. The number of benzene rings is 1. The number of primary amides is 1. The Morgan fingerprint density at radius 1 is 1.14 bits per heavy atom. The van der Waals surface area contributed by atoms with E-state index in [4.69, 9.17) is 5.73 Å². The number of carbonyl (C=O) groups is 3. The van der Waals surface area contributed by atoms with Gasteiger partial charge in [-0.2, -0.15) is 4.72 Å². The van der Waals surface area contributed by atoms with Crippen molar-refractivity contribution in [2.45, 2.75) is 43.5 Å². The van der Waals surface area contributed by atoms with Crippen molar-refractivity contribution in [2.75, 3.05) is 24.5 Å². The molecule has 0 radical (unpaired) electrons. The van der Waals surface area contributed by atoms with Gasteiger partial charge in [-0.05, 0) is 43.9 Å². The zero-order valence-corrected chi connectivity index (χ0v) is 16.5. The topological polar surface area (TPSA) is 130 Å². The summed E-state index contributed by atoms with van der Waals surface area (Å²) >= 11 is 0. The minimum atomic E-state index is -4.22. The van der Waals surface area contributed by atoms with E-state index in [0.29, 0.717) is 43.7 Å². The van der Waals surface area contributed by atoms with Crippen LogP contribution in [0.1, 0.15) is 31.2 Å². The number of nitrogens with one attached hydrogen (secondary N) is 1. The molecule has 2 heterocycles. The molecular weight excluding hydrogens is 384 g/mol. The van der Waals surface area contributed by atoms with E-state index in [-0.39, 0.29) is 10.8 Å². The van der Waals surface area contributed by atoms with Crippen molar-refractivity contribution in [1.29, 1.82) is 0 Å². The summed E-state index contributed by atoms with van der Waals surface area (Å²) in [6.45, 7) is 3.05. The standard InChI is InChI=1S/C18H24N4O5S/c1-12-13(22-11-5-8-15(22)23)6-4-7-14(12)28(26,27)20-16(17(19)24)18(25)21-9-2-3-10-21/h4,6-7,16,20H,2-3,5,8-11H2,1H3,(H2,19,24)/t16-/m0/s1. The van der Waals surface area contributed by atoms with Crippen LogP contribution >= 0.6 is 0 Å². The molecule has 152 valence electrons. The predicted octanol–water partition coefficient (Wildman–Crippen LogP) is -0.124. The third-order valence-corrected chi connectivity index (χ3v) is 6.70. The van der Waals surface area contributed by atoms with Crippen molar-refractivity contribution >= 4 is 33.4 Å². The largest absolute Gasteiger partial charge is 0.368 e. The second kappa shape index (κ2) is 7.88. The summed E-state index contributed by atoms with van der Waals surface area (Å²) in [4.78, 5) is 39.3. The van der Waals surface area contributed by atoms with Crippen LogP contribution in [0.4, 0.5) is 5.69 Å². The summed E-state index contributed by atoms with van der Waals surface area (Å²) in [5, 5.41) is 0. The number of anilines is 1. The van der Waals surface area contributed by atoms with Gasteiger partial charge in [-0.15, -0.1) is 0 Å². The third-order valence-electron chi connectivity index (χ3n) is 5.13. The van der Waals surface area contributed by atoms with Gasteiger partial charge in [0.05, 0.1) is 4.90 Å². The molecule has 2 aliphatic rings. The van der Waals surface area contributed by atoms with Crippen LogP contribution in [0.15, 0.2) is 23.1 Å². The highest BCUT2D eigenvalue weighted by Crippen LogP contribution is 2.29. The first-order valence-electron chi connectivity index (χ1n) is 9.23. The summed E-state index contributed by atoms with van der Waals surface area (Å²) in [6, 6.07) is 2.92. The van der Waals surface area contributed by atoms with E-state index < -0.39 is 27.9 Å². The minimum absolute atomic E-state index is 0.0650. The van der Waals surface area contributed by atoms with Crippen molar-refractivity contribution in [1.82, 2.24) is 9.62 Å². The van der Waals surface area contributed by atoms with Gasteiger partial charge in [0.1, 0.15) is 0 Å². The van der Waals surface area contributed by atoms with E-state index >= 15 is 0 Å². The molecule has 10 heteroatoms. The number of nitrogens with zero attached hydrogens (tertiary/aromatic N) is 2. The van der Waals surface area contributed by atoms with Gasteiger partial charge in [0, 0.05) is 31.7 Å². The van der Waals surface area contributed by atoms with Crippen LogP contribution in [0.5, 0.6) is 0 Å². The van der Waals surface area contributed by atoms with E-state index in [2.05, 4.69) is 4.72 Å². The van der Waals surface area contributed by atoms with Crippen LogP contribution in [-0.4, -0.2) is 56.7 Å². The Kier molecular flexibility index (Phi) is 5.71. The highest BCUT2D eigenvalue weighted by Gasteiger charge is 2.35. The molecule has 2 aliphatic heterocycles. The first-order chi connectivity index (χ1) is 13.2. The molecule has 1 atom stereocenters. The number of hydrogen-bond acceptors (Lipinski definition) is 5. The first-order valence-corrected chi connectivity index (χ1v) is 10.7. The Bertz CT molecular complexity index is 909. The van der Waals surface area contributed by atoms with Crippen LogP contribution in [0, 0.1) is 6.92 Å². The van der Waals surface area contributed by atoms with Gasteiger partial charge in [-0.3, -0.25) is 14.4 Å². The van der Waals surface area contributed by atoms with Gasteiger partial charge in [-0.1, -0.05) is 6.07 Å². The van der Waals surface area contributed by atoms with Crippen LogP contribution < -0.4 is 15.4 Å². The van der Waals surface area contributed by atoms with Crippen LogP contribution in [0.2, 0.25) is 0 Å². The fourth-order valence-electron chi connectivity index (χ4n) is 3.66. The molecule has 3 amide bonds. The Labute approximate surface area is 163 Å². The lowest BCUT2D eigenvalue weighted by atomic mass is 10.2. The lowest BCUT2D eigenvalue weighted by Crippen LogP contribution is -2.54. The quantitative estimate of drug-likeness (QED) is 0.634. The van der Waals surface area contributed by atoms with E-state index in [1.807, 2.05) is 0 Å². The Balaban J connectivity index is 1.90. The number of rotatable bonds is 6. The first kappa shape index (κ1) is 20.3. The number of likely N-dealkylation sites (tertiary alicyclic amines) is 1. The van der Waals surface area contributed by atoms with Crippen molar-refractivity contribution in [3.8, 4) is 0 Å². The molecular formula is C18H24N4O5S. The highest BCUT2D eigenvalue weighted by atomic mass is 32.2. The van der Waals surface area contributed by atoms with Gasteiger partial charge in [0.15, 0.2) is 6.04 Å². The van der Waals surface area contributed by atoms with E-state index in [1.165, 1.54) is 17.0 Å². The molecule has 0 bridgehead atoms. The van der Waals surface area contributed by atoms with Crippen LogP contribution in [0.25, 0.3) is 0 Å². The van der Waals surface area contributed by atoms with E-state index in [0.717, 1.165) is 12.8 Å². The van der Waals surface area contributed by atoms with Crippen molar-refractivity contribution in [2.24, 2.45) is 5.73 Å². The lowest BCUT2D eigenvalue weighted by Gasteiger charge is -2.23. The maximum atomic E-state index is 12.9. The molecule has 1 aromatic carbocycles. The Morgan fingerprint density at radius 3 is 2.39 bits per heavy atom. The zero-order valence-electron chi connectivity index (χ0n) is 15.7. The number of hydrogen-bond donors (Lipinski definition) is 2. The number of carbonyl (C=O) groups excluding carboxylic acids is 3. The fourth-order valence-corrected chi connectivity index (χ4v) is 5.08. The maximum Gasteiger partial charge on any atom is 0.250 e. The Morgan fingerprint density at radius 2 is 1.82 bits per heavy atom. The third kappa shape index (κ3) is 3.88. The summed E-state index contributed by atoms with van der Waals surface area (Å²) in [7, 11) is -4.22. The van der Waals surface area contributed by atoms with Gasteiger partial charge in [0.25, 0.3) is 0 Å². The average Bonchev–Trinajstić information content (AvgIpc) is 3.31. The van der Waals surface area contributed by atoms with Gasteiger partial charge >= 0.3 is 0 Å². The molecule has 28 heavy (non-hydrogen) atoms. The lowest BCUT2D eigenvalue weighted by molar-refractivity contribution is -0.136. The minimum Gasteiger partial charge on any atom is -0.368 e. The molecule has 0 unspecified atom stereocenters. The summed E-state index contributed by atoms with van der Waals surface area (Å²) < 4.78 is 28.0. The molecule has 1 aromatic rings. The summed E-state index contributed by atoms with van der Waals surface area (Å²) in [6.07, 6.45) is 2.73. The molecule has 2 fully saturated rings. The number of nitrogens with two attached hydrogens (primary N) is 1. The molecule has 9 nitrogen and oxygen atoms in total. The SMILES string of the molecule is Cc1c(N2CCCC2=O)cccc1S(=O)(=O)N[C@@H](C(N)=O)C(=O)N1CCCC1. The van der Waals surface area contributed by atoms with Gasteiger partial charge < -0.3 is 15.5 Å². The van der Waals surface area contributed by atoms with Gasteiger partial charge in [0.2, 0.25) is 27.7 Å². The monoisotopic (exact) mass is 408 g/mol. The highest BCUT2D eigenvalue weighted by molar-refractivity contribution is 7.89. The summed E-state index contributed by atoms with van der Waals surface area (Å²) in [5.41, 5.74) is 6.19. The maximum absolute atomic E-state index is 12.9. The predicted molar refractivity (Wildman–Crippen MR) is 102 cm³/mol. The van der Waals surface area contributed by atoms with Crippen molar-refractivity contribution in [3.63, 3.8) is 0 Å².